The molecule has 1 N–H and O–H groups in total. The molecule has 0 saturated heterocycles. The van der Waals surface area contributed by atoms with Crippen LogP contribution in [-0.2, 0) is 13.7 Å². The van der Waals surface area contributed by atoms with Crippen LogP contribution in [0, 0.1) is 6.92 Å². The number of hydrogen-bond acceptors (Lipinski definition) is 5. The summed E-state index contributed by atoms with van der Waals surface area (Å²) in [5.74, 6) is 0.676. The van der Waals surface area contributed by atoms with E-state index in [-0.39, 0.29) is 45.0 Å². The zero-order valence-corrected chi connectivity index (χ0v) is 17.0. The third kappa shape index (κ3) is 3.79. The highest BCUT2D eigenvalue weighted by atomic mass is 35.5. The van der Waals surface area contributed by atoms with Gasteiger partial charge in [-0.3, -0.25) is 4.79 Å². The van der Waals surface area contributed by atoms with Gasteiger partial charge in [0.25, 0.3) is 5.56 Å². The number of aromatic nitrogens is 2. The van der Waals surface area contributed by atoms with Crippen LogP contribution in [-0.4, -0.2) is 22.0 Å². The Balaban J connectivity index is 2.09. The normalized spacial score (nSPS) is 10.8. The number of halogens is 2. The zero-order chi connectivity index (χ0) is 20.4. The van der Waals surface area contributed by atoms with Crippen LogP contribution in [0.5, 0.6) is 17.2 Å². The SMILES string of the molecule is COc1ccc(COc2c(Cl)ccc(Cl)c2-c2c(O)c(C)nn(C)c2=O)cc1. The van der Waals surface area contributed by atoms with E-state index < -0.39 is 5.56 Å². The van der Waals surface area contributed by atoms with Crippen LogP contribution in [0.1, 0.15) is 11.3 Å². The topological polar surface area (TPSA) is 73.6 Å². The summed E-state index contributed by atoms with van der Waals surface area (Å²) in [6.45, 7) is 1.77. The molecular formula is C20H18Cl2N2O4. The summed E-state index contributed by atoms with van der Waals surface area (Å²) >= 11 is 12.7. The van der Waals surface area contributed by atoms with Crippen molar-refractivity contribution in [1.29, 1.82) is 0 Å². The van der Waals surface area contributed by atoms with Gasteiger partial charge in [0.1, 0.15) is 23.8 Å². The molecule has 2 aromatic carbocycles. The minimum absolute atomic E-state index is 0.00719. The number of rotatable bonds is 5. The lowest BCUT2D eigenvalue weighted by Gasteiger charge is -2.16. The van der Waals surface area contributed by atoms with Crippen molar-refractivity contribution in [2.75, 3.05) is 7.11 Å². The number of nitrogens with zero attached hydrogens (tertiary/aromatic N) is 2. The molecule has 0 aliphatic rings. The van der Waals surface area contributed by atoms with Crippen LogP contribution in [0.4, 0.5) is 0 Å². The van der Waals surface area contributed by atoms with Crippen molar-refractivity contribution < 1.29 is 14.6 Å². The highest BCUT2D eigenvalue weighted by Crippen LogP contribution is 2.43. The third-order valence-corrected chi connectivity index (χ3v) is 4.85. The molecule has 8 heteroatoms. The molecule has 0 radical (unpaired) electrons. The first-order chi connectivity index (χ1) is 13.3. The summed E-state index contributed by atoms with van der Waals surface area (Å²) in [5.41, 5.74) is 0.861. The maximum absolute atomic E-state index is 12.7. The number of aromatic hydroxyl groups is 1. The Morgan fingerprint density at radius 1 is 1.07 bits per heavy atom. The first-order valence-electron chi connectivity index (χ1n) is 8.34. The fourth-order valence-electron chi connectivity index (χ4n) is 2.77. The van der Waals surface area contributed by atoms with Crippen LogP contribution in [0.3, 0.4) is 0 Å². The van der Waals surface area contributed by atoms with E-state index in [4.69, 9.17) is 32.7 Å². The van der Waals surface area contributed by atoms with Gasteiger partial charge < -0.3 is 14.6 Å². The van der Waals surface area contributed by atoms with E-state index in [1.165, 1.54) is 7.05 Å². The van der Waals surface area contributed by atoms with Gasteiger partial charge in [0.2, 0.25) is 0 Å². The van der Waals surface area contributed by atoms with Crippen LogP contribution in [0.15, 0.2) is 41.2 Å². The fourth-order valence-corrected chi connectivity index (χ4v) is 3.23. The van der Waals surface area contributed by atoms with Crippen molar-refractivity contribution in [2.24, 2.45) is 7.05 Å². The summed E-state index contributed by atoms with van der Waals surface area (Å²) in [5, 5.41) is 15.0. The quantitative estimate of drug-likeness (QED) is 0.663. The van der Waals surface area contributed by atoms with Crippen molar-refractivity contribution in [2.45, 2.75) is 13.5 Å². The average molecular weight is 421 g/mol. The van der Waals surface area contributed by atoms with Crippen LogP contribution >= 0.6 is 23.2 Å². The largest absolute Gasteiger partial charge is 0.505 e. The predicted molar refractivity (Wildman–Crippen MR) is 109 cm³/mol. The van der Waals surface area contributed by atoms with E-state index in [1.54, 1.807) is 26.2 Å². The Morgan fingerprint density at radius 3 is 2.36 bits per heavy atom. The molecule has 3 aromatic rings. The molecule has 0 amide bonds. The van der Waals surface area contributed by atoms with Gasteiger partial charge >= 0.3 is 0 Å². The first-order valence-corrected chi connectivity index (χ1v) is 9.10. The molecule has 1 heterocycles. The predicted octanol–water partition coefficient (Wildman–Crippen LogP) is 4.36. The van der Waals surface area contributed by atoms with Gasteiger partial charge in [-0.05, 0) is 36.8 Å². The lowest BCUT2D eigenvalue weighted by Crippen LogP contribution is -2.22. The molecule has 0 unspecified atom stereocenters. The molecule has 0 aliphatic heterocycles. The van der Waals surface area contributed by atoms with E-state index in [0.717, 1.165) is 16.0 Å². The standard InChI is InChI=1S/C20H18Cl2N2O4/c1-11-18(25)17(20(26)24(2)23-11)16-14(21)8-9-15(22)19(16)28-10-12-4-6-13(27-3)7-5-12/h4-9,25H,10H2,1-3H3. The number of hydrogen-bond donors (Lipinski definition) is 1. The van der Waals surface area contributed by atoms with Gasteiger partial charge in [0, 0.05) is 7.05 Å². The maximum Gasteiger partial charge on any atom is 0.278 e. The van der Waals surface area contributed by atoms with Crippen molar-refractivity contribution in [1.82, 2.24) is 9.78 Å². The first kappa shape index (κ1) is 20.0. The summed E-state index contributed by atoms with van der Waals surface area (Å²) in [7, 11) is 3.09. The summed E-state index contributed by atoms with van der Waals surface area (Å²) in [4.78, 5) is 12.7. The maximum atomic E-state index is 12.7. The summed E-state index contributed by atoms with van der Waals surface area (Å²) in [6, 6.07) is 10.5. The number of methoxy groups -OCH3 is 1. The minimum atomic E-state index is -0.512. The number of ether oxygens (including phenoxy) is 2. The minimum Gasteiger partial charge on any atom is -0.505 e. The summed E-state index contributed by atoms with van der Waals surface area (Å²) < 4.78 is 12.2. The molecule has 0 bridgehead atoms. The molecule has 146 valence electrons. The second-order valence-corrected chi connectivity index (χ2v) is 6.92. The van der Waals surface area contributed by atoms with Gasteiger partial charge in [-0.15, -0.1) is 0 Å². The Labute approximate surface area is 171 Å². The Bertz CT molecular complexity index is 1080. The summed E-state index contributed by atoms with van der Waals surface area (Å²) in [6.07, 6.45) is 0. The molecule has 0 spiro atoms. The highest BCUT2D eigenvalue weighted by Gasteiger charge is 2.23. The number of benzene rings is 2. The Kier molecular flexibility index (Phi) is 5.82. The molecule has 6 nitrogen and oxygen atoms in total. The molecule has 28 heavy (non-hydrogen) atoms. The Hall–Kier alpha value is -2.70. The smallest absolute Gasteiger partial charge is 0.278 e. The average Bonchev–Trinajstić information content (AvgIpc) is 2.69. The van der Waals surface area contributed by atoms with Gasteiger partial charge in [-0.2, -0.15) is 5.10 Å². The molecular weight excluding hydrogens is 403 g/mol. The van der Waals surface area contributed by atoms with Crippen LogP contribution < -0.4 is 15.0 Å². The number of aryl methyl sites for hydroxylation is 2. The van der Waals surface area contributed by atoms with E-state index in [2.05, 4.69) is 5.10 Å². The molecule has 3 rings (SSSR count). The van der Waals surface area contributed by atoms with E-state index >= 15 is 0 Å². The van der Waals surface area contributed by atoms with Crippen molar-refractivity contribution in [3.63, 3.8) is 0 Å². The van der Waals surface area contributed by atoms with Crippen LogP contribution in [0.25, 0.3) is 11.1 Å². The third-order valence-electron chi connectivity index (χ3n) is 4.24. The monoisotopic (exact) mass is 420 g/mol. The molecule has 0 atom stereocenters. The van der Waals surface area contributed by atoms with E-state index in [9.17, 15) is 9.90 Å². The van der Waals surface area contributed by atoms with Crippen molar-refractivity contribution in [3.8, 4) is 28.4 Å². The lowest BCUT2D eigenvalue weighted by atomic mass is 10.0. The van der Waals surface area contributed by atoms with Gasteiger partial charge in [0.05, 0.1) is 28.3 Å². The van der Waals surface area contributed by atoms with Crippen molar-refractivity contribution in [3.05, 3.63) is 68.1 Å². The fraction of sp³-hybridized carbons (Fsp3) is 0.200. The Morgan fingerprint density at radius 2 is 1.71 bits per heavy atom. The van der Waals surface area contributed by atoms with Gasteiger partial charge in [-0.25, -0.2) is 4.68 Å². The highest BCUT2D eigenvalue weighted by molar-refractivity contribution is 6.37. The molecule has 0 aliphatic carbocycles. The van der Waals surface area contributed by atoms with Crippen LogP contribution in [0.2, 0.25) is 10.0 Å². The second kappa shape index (κ2) is 8.12. The van der Waals surface area contributed by atoms with E-state index in [0.29, 0.717) is 0 Å². The zero-order valence-electron chi connectivity index (χ0n) is 15.5. The molecule has 0 fully saturated rings. The second-order valence-electron chi connectivity index (χ2n) is 6.11. The van der Waals surface area contributed by atoms with Gasteiger partial charge in [-0.1, -0.05) is 35.3 Å². The molecule has 1 aromatic heterocycles. The van der Waals surface area contributed by atoms with Crippen molar-refractivity contribution >= 4 is 23.2 Å². The lowest BCUT2D eigenvalue weighted by molar-refractivity contribution is 0.307. The van der Waals surface area contributed by atoms with E-state index in [1.807, 2.05) is 24.3 Å². The van der Waals surface area contributed by atoms with Gasteiger partial charge in [0.15, 0.2) is 5.75 Å². The molecule has 0 saturated carbocycles.